The second kappa shape index (κ2) is 5.74. The van der Waals surface area contributed by atoms with Crippen LogP contribution in [-0.4, -0.2) is 43.5 Å². The van der Waals surface area contributed by atoms with Gasteiger partial charge in [-0.2, -0.15) is 5.26 Å². The fraction of sp³-hybridized carbons (Fsp3) is 0.450. The van der Waals surface area contributed by atoms with Crippen molar-refractivity contribution in [1.82, 2.24) is 19.4 Å². The highest BCUT2D eigenvalue weighted by Crippen LogP contribution is 2.41. The fourth-order valence-electron chi connectivity index (χ4n) is 3.91. The number of aromatic hydroxyl groups is 1. The molecule has 1 aliphatic heterocycles. The van der Waals surface area contributed by atoms with Crippen LogP contribution in [0.5, 0.6) is 5.88 Å². The smallest absolute Gasteiger partial charge is 0.246 e. The molecule has 2 N–H and O–H groups in total. The van der Waals surface area contributed by atoms with Crippen molar-refractivity contribution in [2.24, 2.45) is 11.3 Å². The van der Waals surface area contributed by atoms with Gasteiger partial charge >= 0.3 is 0 Å². The van der Waals surface area contributed by atoms with E-state index < -0.39 is 11.5 Å². The fourth-order valence-corrected chi connectivity index (χ4v) is 3.91. The first-order valence-electron chi connectivity index (χ1n) is 9.07. The van der Waals surface area contributed by atoms with E-state index in [4.69, 9.17) is 5.26 Å². The van der Waals surface area contributed by atoms with E-state index in [0.29, 0.717) is 24.1 Å². The first-order chi connectivity index (χ1) is 12.7. The van der Waals surface area contributed by atoms with Crippen LogP contribution in [0.4, 0.5) is 0 Å². The van der Waals surface area contributed by atoms with Crippen molar-refractivity contribution in [2.75, 3.05) is 13.1 Å². The monoisotopic (exact) mass is 365 g/mol. The summed E-state index contributed by atoms with van der Waals surface area (Å²) in [5.41, 5.74) is 1.30. The van der Waals surface area contributed by atoms with Gasteiger partial charge < -0.3 is 19.6 Å². The minimum atomic E-state index is -0.584. The highest BCUT2D eigenvalue weighted by Gasteiger charge is 2.41. The van der Waals surface area contributed by atoms with Crippen molar-refractivity contribution in [3.63, 3.8) is 0 Å². The zero-order chi connectivity index (χ0) is 19.5. The highest BCUT2D eigenvalue weighted by molar-refractivity contribution is 6.10. The number of nitriles is 1. The van der Waals surface area contributed by atoms with Gasteiger partial charge in [0.25, 0.3) is 0 Å². The number of hydrogen-bond acceptors (Lipinski definition) is 4. The molecule has 1 fully saturated rings. The van der Waals surface area contributed by atoms with Gasteiger partial charge in [0, 0.05) is 42.5 Å². The average molecular weight is 365 g/mol. The summed E-state index contributed by atoms with van der Waals surface area (Å²) < 4.78 is 1.67. The molecule has 0 aromatic carbocycles. The van der Waals surface area contributed by atoms with Crippen LogP contribution < -0.4 is 0 Å². The van der Waals surface area contributed by atoms with E-state index in [1.165, 1.54) is 0 Å². The largest absolute Gasteiger partial charge is 0.494 e. The van der Waals surface area contributed by atoms with E-state index >= 15 is 0 Å². The van der Waals surface area contributed by atoms with Crippen LogP contribution in [0, 0.1) is 29.6 Å². The summed E-state index contributed by atoms with van der Waals surface area (Å²) in [6.07, 6.45) is 5.37. The van der Waals surface area contributed by atoms with Gasteiger partial charge in [0.05, 0.1) is 17.4 Å². The molecular formula is C20H23N5O2. The molecule has 1 aliphatic rings. The first kappa shape index (κ1) is 17.4. The zero-order valence-electron chi connectivity index (χ0n) is 15.9. The molecule has 0 radical (unpaired) electrons. The normalized spacial score (nSPS) is 16.5. The number of aromatic amines is 1. The lowest BCUT2D eigenvalue weighted by atomic mass is 9.84. The molecule has 27 heavy (non-hydrogen) atoms. The maximum Gasteiger partial charge on any atom is 0.246 e. The van der Waals surface area contributed by atoms with Crippen molar-refractivity contribution >= 4 is 27.7 Å². The van der Waals surface area contributed by atoms with Gasteiger partial charge in [0.15, 0.2) is 0 Å². The Morgan fingerprint density at radius 1 is 1.41 bits per heavy atom. The molecule has 0 spiro atoms. The lowest BCUT2D eigenvalue weighted by Gasteiger charge is -2.42. The van der Waals surface area contributed by atoms with Crippen LogP contribution in [0.25, 0.3) is 21.8 Å². The number of carbonyl (C=O) groups excluding carboxylic acids is 1. The van der Waals surface area contributed by atoms with Crippen molar-refractivity contribution in [3.05, 3.63) is 24.2 Å². The topological polar surface area (TPSA) is 97.9 Å². The Morgan fingerprint density at radius 2 is 2.11 bits per heavy atom. The van der Waals surface area contributed by atoms with E-state index in [1.54, 1.807) is 15.7 Å². The molecular weight excluding hydrogens is 342 g/mol. The summed E-state index contributed by atoms with van der Waals surface area (Å²) in [5.74, 6) is -0.138. The van der Waals surface area contributed by atoms with Gasteiger partial charge in [-0.3, -0.25) is 4.79 Å². The summed E-state index contributed by atoms with van der Waals surface area (Å²) >= 11 is 0. The third-order valence-electron chi connectivity index (χ3n) is 5.41. The van der Waals surface area contributed by atoms with Crippen LogP contribution in [0.15, 0.2) is 18.6 Å². The quantitative estimate of drug-likeness (QED) is 0.729. The molecule has 7 nitrogen and oxygen atoms in total. The Balaban J connectivity index is 1.89. The van der Waals surface area contributed by atoms with Gasteiger partial charge in [-0.05, 0) is 17.9 Å². The summed E-state index contributed by atoms with van der Waals surface area (Å²) in [6, 6.07) is 1.62. The molecule has 0 bridgehead atoms. The van der Waals surface area contributed by atoms with Gasteiger partial charge in [0.2, 0.25) is 11.8 Å². The lowest BCUT2D eigenvalue weighted by Crippen LogP contribution is -2.53. The molecule has 0 aliphatic carbocycles. The van der Waals surface area contributed by atoms with Crippen molar-refractivity contribution in [3.8, 4) is 11.9 Å². The number of aromatic nitrogens is 3. The summed E-state index contributed by atoms with van der Waals surface area (Å²) in [5, 5.41) is 22.5. The van der Waals surface area contributed by atoms with E-state index in [2.05, 4.69) is 16.0 Å². The zero-order valence-corrected chi connectivity index (χ0v) is 15.9. The van der Waals surface area contributed by atoms with E-state index in [0.717, 1.165) is 16.3 Å². The molecule has 7 heteroatoms. The molecule has 140 valence electrons. The number of H-pyrrole nitrogens is 1. The highest BCUT2D eigenvalue weighted by atomic mass is 16.3. The predicted octanol–water partition coefficient (Wildman–Crippen LogP) is 3.10. The van der Waals surface area contributed by atoms with Crippen molar-refractivity contribution in [1.29, 1.82) is 5.26 Å². The lowest BCUT2D eigenvalue weighted by molar-refractivity contribution is -0.143. The van der Waals surface area contributed by atoms with Gasteiger partial charge in [-0.25, -0.2) is 4.98 Å². The Labute approximate surface area is 157 Å². The molecule has 1 amide bonds. The van der Waals surface area contributed by atoms with Gasteiger partial charge in [-0.15, -0.1) is 0 Å². The maximum atomic E-state index is 13.3. The van der Waals surface area contributed by atoms with Crippen LogP contribution >= 0.6 is 0 Å². The van der Waals surface area contributed by atoms with Crippen LogP contribution in [0.1, 0.15) is 32.4 Å². The number of pyridine rings is 2. The molecule has 3 aromatic rings. The van der Waals surface area contributed by atoms with Crippen molar-refractivity contribution < 1.29 is 9.90 Å². The second-order valence-electron chi connectivity index (χ2n) is 8.48. The number of nitrogens with one attached hydrogen (secondary N) is 1. The van der Waals surface area contributed by atoms with Gasteiger partial charge in [0.1, 0.15) is 11.7 Å². The third-order valence-corrected chi connectivity index (χ3v) is 5.41. The number of amides is 1. The molecule has 0 unspecified atom stereocenters. The minimum absolute atomic E-state index is 0.0367. The number of aryl methyl sites for hydroxylation is 1. The van der Waals surface area contributed by atoms with E-state index in [-0.39, 0.29) is 17.7 Å². The molecule has 0 saturated carbocycles. The summed E-state index contributed by atoms with van der Waals surface area (Å²) in [6.45, 7) is 8.83. The number of rotatable bonds is 2. The first-order valence-corrected chi connectivity index (χ1v) is 9.07. The second-order valence-corrected chi connectivity index (χ2v) is 8.48. The summed E-state index contributed by atoms with van der Waals surface area (Å²) in [4.78, 5) is 22.4. The van der Waals surface area contributed by atoms with E-state index in [9.17, 15) is 9.90 Å². The standard InChI is InChI=1S/C20H23N5O2/c1-11-6-22-17-15-13(7-23-17)18(26)25(10-14(11)15)16(20(2,3)4)19(27)24-8-12(5-21)9-24/h6-7,10,12,16,22,26H,8-9H2,1-4H3/t16-/m0/s1. The Kier molecular flexibility index (Phi) is 3.70. The van der Waals surface area contributed by atoms with Crippen LogP contribution in [-0.2, 0) is 4.79 Å². The van der Waals surface area contributed by atoms with E-state index in [1.807, 2.05) is 40.1 Å². The number of hydrogen-bond donors (Lipinski definition) is 2. The van der Waals surface area contributed by atoms with Gasteiger partial charge in [-0.1, -0.05) is 20.8 Å². The molecule has 1 atom stereocenters. The third kappa shape index (κ3) is 2.55. The Morgan fingerprint density at radius 3 is 2.74 bits per heavy atom. The molecule has 4 rings (SSSR count). The Hall–Kier alpha value is -3.01. The van der Waals surface area contributed by atoms with Crippen LogP contribution in [0.2, 0.25) is 0 Å². The molecule has 3 aromatic heterocycles. The number of likely N-dealkylation sites (tertiary alicyclic amines) is 1. The van der Waals surface area contributed by atoms with Crippen LogP contribution in [0.3, 0.4) is 0 Å². The SMILES string of the molecule is Cc1c[nH]c2ncc3c(O)n([C@@H](C(=O)N4CC(C#N)C4)C(C)(C)C)cc1c23. The Bertz CT molecular complexity index is 1090. The summed E-state index contributed by atoms with van der Waals surface area (Å²) in [7, 11) is 0. The predicted molar refractivity (Wildman–Crippen MR) is 102 cm³/mol. The minimum Gasteiger partial charge on any atom is -0.494 e. The average Bonchev–Trinajstić information content (AvgIpc) is 2.97. The number of carbonyl (C=O) groups is 1. The maximum absolute atomic E-state index is 13.3. The molecule has 1 saturated heterocycles. The molecule has 4 heterocycles. The van der Waals surface area contributed by atoms with Crippen molar-refractivity contribution in [2.45, 2.75) is 33.7 Å². The number of nitrogens with zero attached hydrogens (tertiary/aromatic N) is 4.